The van der Waals surface area contributed by atoms with Crippen LogP contribution in [0.4, 0.5) is 0 Å². The SMILES string of the molecule is O[C@H]1C[C@@H]2C[C@]2(Br)C1. The van der Waals surface area contributed by atoms with Crippen LogP contribution in [0.1, 0.15) is 19.3 Å². The summed E-state index contributed by atoms with van der Waals surface area (Å²) >= 11 is 3.60. The van der Waals surface area contributed by atoms with Crippen LogP contribution in [0.15, 0.2) is 0 Å². The molecule has 0 aliphatic heterocycles. The van der Waals surface area contributed by atoms with Crippen LogP contribution in [0.3, 0.4) is 0 Å². The van der Waals surface area contributed by atoms with E-state index in [0.717, 1.165) is 18.8 Å². The van der Waals surface area contributed by atoms with Crippen molar-refractivity contribution in [3.8, 4) is 0 Å². The topological polar surface area (TPSA) is 20.2 Å². The van der Waals surface area contributed by atoms with Gasteiger partial charge < -0.3 is 5.11 Å². The van der Waals surface area contributed by atoms with E-state index < -0.39 is 0 Å². The van der Waals surface area contributed by atoms with Crippen LogP contribution in [0.2, 0.25) is 0 Å². The minimum absolute atomic E-state index is 0.00637. The number of hydrogen-bond acceptors (Lipinski definition) is 1. The number of rotatable bonds is 0. The molecule has 2 heteroatoms. The maximum atomic E-state index is 9.07. The van der Waals surface area contributed by atoms with Crippen molar-refractivity contribution in [2.24, 2.45) is 5.92 Å². The summed E-state index contributed by atoms with van der Waals surface area (Å²) in [6, 6.07) is 0. The Bertz CT molecular complexity index is 126. The van der Waals surface area contributed by atoms with E-state index in [1.165, 1.54) is 6.42 Å². The highest BCUT2D eigenvalue weighted by Crippen LogP contribution is 2.61. The van der Waals surface area contributed by atoms with Crippen LogP contribution in [0, 0.1) is 5.92 Å². The average Bonchev–Trinajstić information content (AvgIpc) is 2.07. The normalized spacial score (nSPS) is 60.8. The van der Waals surface area contributed by atoms with Crippen LogP contribution < -0.4 is 0 Å². The fourth-order valence-corrected chi connectivity index (χ4v) is 2.65. The fourth-order valence-electron chi connectivity index (χ4n) is 1.70. The molecule has 2 saturated carbocycles. The van der Waals surface area contributed by atoms with Gasteiger partial charge in [0.1, 0.15) is 0 Å². The van der Waals surface area contributed by atoms with Gasteiger partial charge in [-0.25, -0.2) is 0 Å². The molecule has 0 amide bonds. The zero-order valence-electron chi connectivity index (χ0n) is 4.60. The molecule has 8 heavy (non-hydrogen) atoms. The Morgan fingerprint density at radius 2 is 2.25 bits per heavy atom. The molecule has 0 heterocycles. The molecule has 2 rings (SSSR count). The summed E-state index contributed by atoms with van der Waals surface area (Å²) in [6.45, 7) is 0. The van der Waals surface area contributed by atoms with E-state index in [1.54, 1.807) is 0 Å². The summed E-state index contributed by atoms with van der Waals surface area (Å²) in [4.78, 5) is 0. The highest BCUT2D eigenvalue weighted by molar-refractivity contribution is 9.10. The Hall–Kier alpha value is 0.440. The van der Waals surface area contributed by atoms with Gasteiger partial charge in [0, 0.05) is 4.32 Å². The molecule has 1 N–H and O–H groups in total. The van der Waals surface area contributed by atoms with Gasteiger partial charge in [0.25, 0.3) is 0 Å². The van der Waals surface area contributed by atoms with Crippen molar-refractivity contribution < 1.29 is 5.11 Å². The molecular weight excluding hydrogens is 168 g/mol. The standard InChI is InChI=1S/C6H9BrO/c7-6-2-4(6)1-5(8)3-6/h4-5,8H,1-3H2/t4-,5+,6+/m1/s1. The maximum absolute atomic E-state index is 9.07. The van der Waals surface area contributed by atoms with Crippen molar-refractivity contribution in [1.29, 1.82) is 0 Å². The maximum Gasteiger partial charge on any atom is 0.0556 e. The van der Waals surface area contributed by atoms with Crippen molar-refractivity contribution in [1.82, 2.24) is 0 Å². The van der Waals surface area contributed by atoms with E-state index in [-0.39, 0.29) is 6.10 Å². The molecule has 1 nitrogen and oxygen atoms in total. The van der Waals surface area contributed by atoms with Crippen LogP contribution in [0.5, 0.6) is 0 Å². The van der Waals surface area contributed by atoms with E-state index in [1.807, 2.05) is 0 Å². The molecule has 2 fully saturated rings. The van der Waals surface area contributed by atoms with Crippen molar-refractivity contribution >= 4 is 15.9 Å². The summed E-state index contributed by atoms with van der Waals surface area (Å²) in [5, 5.41) is 9.07. The predicted octanol–water partition coefficient (Wildman–Crippen LogP) is 1.29. The Morgan fingerprint density at radius 3 is 2.50 bits per heavy atom. The quantitative estimate of drug-likeness (QED) is 0.553. The smallest absolute Gasteiger partial charge is 0.0556 e. The second-order valence-electron chi connectivity index (χ2n) is 3.03. The van der Waals surface area contributed by atoms with E-state index >= 15 is 0 Å². The van der Waals surface area contributed by atoms with E-state index in [9.17, 15) is 0 Å². The first-order valence-electron chi connectivity index (χ1n) is 3.08. The highest BCUT2D eigenvalue weighted by Gasteiger charge is 2.58. The first-order chi connectivity index (χ1) is 3.71. The second kappa shape index (κ2) is 1.29. The lowest BCUT2D eigenvalue weighted by atomic mass is 10.2. The van der Waals surface area contributed by atoms with E-state index in [4.69, 9.17) is 5.11 Å². The molecule has 2 aliphatic rings. The van der Waals surface area contributed by atoms with Crippen molar-refractivity contribution in [2.45, 2.75) is 29.7 Å². The third kappa shape index (κ3) is 0.560. The molecular formula is C6H9BrO. The number of halogens is 1. The zero-order valence-corrected chi connectivity index (χ0v) is 6.19. The first kappa shape index (κ1) is 5.24. The predicted molar refractivity (Wildman–Crippen MR) is 35.0 cm³/mol. The van der Waals surface area contributed by atoms with Crippen molar-refractivity contribution in [2.75, 3.05) is 0 Å². The van der Waals surface area contributed by atoms with Gasteiger partial charge in [0.2, 0.25) is 0 Å². The number of alkyl halides is 1. The third-order valence-corrected chi connectivity index (χ3v) is 3.58. The molecule has 0 unspecified atom stereocenters. The van der Waals surface area contributed by atoms with Crippen molar-refractivity contribution in [3.05, 3.63) is 0 Å². The molecule has 0 saturated heterocycles. The summed E-state index contributed by atoms with van der Waals surface area (Å²) < 4.78 is 0.395. The highest BCUT2D eigenvalue weighted by atomic mass is 79.9. The summed E-state index contributed by atoms with van der Waals surface area (Å²) in [5.41, 5.74) is 0. The Balaban J connectivity index is 2.10. The summed E-state index contributed by atoms with van der Waals surface area (Å²) in [5.74, 6) is 0.803. The fraction of sp³-hybridized carbons (Fsp3) is 1.00. The summed E-state index contributed by atoms with van der Waals surface area (Å²) in [7, 11) is 0. The average molecular weight is 177 g/mol. The lowest BCUT2D eigenvalue weighted by Crippen LogP contribution is -2.05. The van der Waals surface area contributed by atoms with E-state index in [2.05, 4.69) is 15.9 Å². The molecule has 3 atom stereocenters. The van der Waals surface area contributed by atoms with Gasteiger partial charge >= 0.3 is 0 Å². The molecule has 0 aromatic heterocycles. The largest absolute Gasteiger partial charge is 0.393 e. The molecule has 0 radical (unpaired) electrons. The molecule has 2 aliphatic carbocycles. The third-order valence-electron chi connectivity index (χ3n) is 2.29. The van der Waals surface area contributed by atoms with Crippen molar-refractivity contribution in [3.63, 3.8) is 0 Å². The van der Waals surface area contributed by atoms with Gasteiger partial charge in [-0.1, -0.05) is 15.9 Å². The number of aliphatic hydroxyl groups is 1. The Labute approximate surface area is 57.2 Å². The Morgan fingerprint density at radius 1 is 1.50 bits per heavy atom. The number of fused-ring (bicyclic) bond motifs is 1. The van der Waals surface area contributed by atoms with Crippen LogP contribution in [0.25, 0.3) is 0 Å². The zero-order chi connectivity index (χ0) is 5.78. The lowest BCUT2D eigenvalue weighted by Gasteiger charge is -2.02. The molecule has 0 spiro atoms. The van der Waals surface area contributed by atoms with Gasteiger partial charge in [-0.2, -0.15) is 0 Å². The van der Waals surface area contributed by atoms with Gasteiger partial charge in [-0.3, -0.25) is 0 Å². The molecule has 46 valence electrons. The number of aliphatic hydroxyl groups excluding tert-OH is 1. The lowest BCUT2D eigenvalue weighted by molar-refractivity contribution is 0.170. The molecule has 0 bridgehead atoms. The van der Waals surface area contributed by atoms with Gasteiger partial charge in [-0.15, -0.1) is 0 Å². The van der Waals surface area contributed by atoms with Gasteiger partial charge in [-0.05, 0) is 25.2 Å². The minimum Gasteiger partial charge on any atom is -0.393 e. The van der Waals surface area contributed by atoms with Crippen LogP contribution in [-0.2, 0) is 0 Å². The second-order valence-corrected chi connectivity index (χ2v) is 4.61. The van der Waals surface area contributed by atoms with E-state index in [0.29, 0.717) is 4.32 Å². The number of hydrogen-bond donors (Lipinski definition) is 1. The monoisotopic (exact) mass is 176 g/mol. The Kier molecular flexibility index (Phi) is 0.848. The minimum atomic E-state index is -0.00637. The summed E-state index contributed by atoms with van der Waals surface area (Å²) in [6.07, 6.45) is 3.31. The molecule has 0 aromatic carbocycles. The van der Waals surface area contributed by atoms with Crippen LogP contribution in [-0.4, -0.2) is 15.5 Å². The van der Waals surface area contributed by atoms with Crippen LogP contribution >= 0.6 is 15.9 Å². The van der Waals surface area contributed by atoms with Gasteiger partial charge in [0.05, 0.1) is 6.10 Å². The molecule has 0 aromatic rings. The van der Waals surface area contributed by atoms with Gasteiger partial charge in [0.15, 0.2) is 0 Å². The first-order valence-corrected chi connectivity index (χ1v) is 3.87.